The average molecular weight is 308 g/mol. The van der Waals surface area contributed by atoms with Crippen molar-refractivity contribution in [2.45, 2.75) is 19.3 Å². The quantitative estimate of drug-likeness (QED) is 0.869. The van der Waals surface area contributed by atoms with Crippen LogP contribution in [-0.2, 0) is 11.2 Å². The lowest BCUT2D eigenvalue weighted by molar-refractivity contribution is -0.137. The number of aliphatic carboxylic acids is 1. The van der Waals surface area contributed by atoms with E-state index in [-0.39, 0.29) is 12.2 Å². The molecule has 0 atom stereocenters. The van der Waals surface area contributed by atoms with Crippen LogP contribution in [0.5, 0.6) is 0 Å². The lowest BCUT2D eigenvalue weighted by Crippen LogP contribution is -1.97. The average Bonchev–Trinajstić information content (AvgIpc) is 2.10. The zero-order valence-corrected chi connectivity index (χ0v) is 9.62. The van der Waals surface area contributed by atoms with Gasteiger partial charge in [0.2, 0.25) is 0 Å². The first kappa shape index (κ1) is 11.4. The molecule has 1 rings (SSSR count). The molecule has 1 aromatic carbocycles. The van der Waals surface area contributed by atoms with E-state index in [2.05, 4.69) is 22.6 Å². The second-order valence-electron chi connectivity index (χ2n) is 2.98. The molecule has 76 valence electrons. The van der Waals surface area contributed by atoms with E-state index >= 15 is 0 Å². The number of carboxylic acid groups (broad SMARTS) is 1. The molecule has 0 aliphatic rings. The maximum atomic E-state index is 12.8. The van der Waals surface area contributed by atoms with Crippen LogP contribution in [0.25, 0.3) is 0 Å². The van der Waals surface area contributed by atoms with Crippen LogP contribution in [0.3, 0.4) is 0 Å². The van der Waals surface area contributed by atoms with Gasteiger partial charge in [0, 0.05) is 9.99 Å². The third-order valence-corrected chi connectivity index (χ3v) is 2.90. The molecule has 1 N–H and O–H groups in total. The maximum Gasteiger partial charge on any atom is 0.303 e. The summed E-state index contributed by atoms with van der Waals surface area (Å²) in [6.45, 7) is 0. The van der Waals surface area contributed by atoms with E-state index in [1.165, 1.54) is 12.1 Å². The minimum Gasteiger partial charge on any atom is -0.481 e. The van der Waals surface area contributed by atoms with Gasteiger partial charge in [0.05, 0.1) is 0 Å². The Morgan fingerprint density at radius 1 is 1.50 bits per heavy atom. The Morgan fingerprint density at radius 2 is 2.21 bits per heavy atom. The zero-order chi connectivity index (χ0) is 10.6. The van der Waals surface area contributed by atoms with Gasteiger partial charge in [0.15, 0.2) is 0 Å². The van der Waals surface area contributed by atoms with Crippen LogP contribution in [-0.4, -0.2) is 11.1 Å². The van der Waals surface area contributed by atoms with Crippen LogP contribution in [0.15, 0.2) is 18.2 Å². The minimum absolute atomic E-state index is 0.132. The molecule has 1 aromatic rings. The summed E-state index contributed by atoms with van der Waals surface area (Å²) in [5.41, 5.74) is 0.881. The van der Waals surface area contributed by atoms with Crippen molar-refractivity contribution in [3.05, 3.63) is 33.1 Å². The molecule has 0 aliphatic carbocycles. The Hall–Kier alpha value is -0.650. The standard InChI is InChI=1S/C10H10FIO2/c11-8-4-5-9(12)7(6-8)2-1-3-10(13)14/h4-6H,1-3H2,(H,13,14). The summed E-state index contributed by atoms with van der Waals surface area (Å²) in [5, 5.41) is 8.44. The Balaban J connectivity index is 2.57. The molecule has 0 radical (unpaired) electrons. The molecule has 0 aromatic heterocycles. The van der Waals surface area contributed by atoms with Crippen molar-refractivity contribution in [2.75, 3.05) is 0 Å². The zero-order valence-electron chi connectivity index (χ0n) is 7.46. The summed E-state index contributed by atoms with van der Waals surface area (Å²) in [6.07, 6.45) is 1.30. The van der Waals surface area contributed by atoms with Crippen LogP contribution in [0.2, 0.25) is 0 Å². The predicted molar refractivity (Wildman–Crippen MR) is 59.7 cm³/mol. The highest BCUT2D eigenvalue weighted by atomic mass is 127. The summed E-state index contributed by atoms with van der Waals surface area (Å²) in [4.78, 5) is 10.3. The lowest BCUT2D eigenvalue weighted by atomic mass is 10.1. The number of carbonyl (C=O) groups is 1. The van der Waals surface area contributed by atoms with E-state index in [1.807, 2.05) is 0 Å². The normalized spacial score (nSPS) is 10.1. The van der Waals surface area contributed by atoms with Gasteiger partial charge in [-0.05, 0) is 59.2 Å². The van der Waals surface area contributed by atoms with Gasteiger partial charge in [-0.15, -0.1) is 0 Å². The summed E-state index contributed by atoms with van der Waals surface area (Å²) in [5.74, 6) is -1.08. The van der Waals surface area contributed by atoms with E-state index in [0.29, 0.717) is 12.8 Å². The molecule has 0 spiro atoms. The van der Waals surface area contributed by atoms with Gasteiger partial charge >= 0.3 is 5.97 Å². The number of benzene rings is 1. The third kappa shape index (κ3) is 3.61. The Morgan fingerprint density at radius 3 is 2.86 bits per heavy atom. The largest absolute Gasteiger partial charge is 0.481 e. The Kier molecular flexibility index (Phi) is 4.31. The molecular weight excluding hydrogens is 298 g/mol. The molecule has 0 saturated carbocycles. The monoisotopic (exact) mass is 308 g/mol. The SMILES string of the molecule is O=C(O)CCCc1cc(F)ccc1I. The molecule has 14 heavy (non-hydrogen) atoms. The molecule has 4 heteroatoms. The highest BCUT2D eigenvalue weighted by Crippen LogP contribution is 2.16. The van der Waals surface area contributed by atoms with Crippen LogP contribution in [0, 0.1) is 9.39 Å². The van der Waals surface area contributed by atoms with Gasteiger partial charge < -0.3 is 5.11 Å². The summed E-state index contributed by atoms with van der Waals surface area (Å²) in [7, 11) is 0. The Labute approximate surface area is 95.3 Å². The summed E-state index contributed by atoms with van der Waals surface area (Å²) < 4.78 is 13.8. The maximum absolute atomic E-state index is 12.8. The number of rotatable bonds is 4. The summed E-state index contributed by atoms with van der Waals surface area (Å²) in [6, 6.07) is 4.57. The molecule has 0 aliphatic heterocycles. The van der Waals surface area contributed by atoms with Gasteiger partial charge in [-0.2, -0.15) is 0 Å². The number of halogens is 2. The molecule has 0 heterocycles. The number of hydrogen-bond acceptors (Lipinski definition) is 1. The first-order chi connectivity index (χ1) is 6.59. The first-order valence-electron chi connectivity index (χ1n) is 4.25. The van der Waals surface area contributed by atoms with Crippen LogP contribution < -0.4 is 0 Å². The fourth-order valence-corrected chi connectivity index (χ4v) is 1.77. The second kappa shape index (κ2) is 5.29. The molecule has 0 saturated heterocycles. The van der Waals surface area contributed by atoms with Crippen LogP contribution >= 0.6 is 22.6 Å². The molecule has 0 amide bonds. The topological polar surface area (TPSA) is 37.3 Å². The van der Waals surface area contributed by atoms with Gasteiger partial charge in [0.1, 0.15) is 5.82 Å². The van der Waals surface area contributed by atoms with E-state index in [9.17, 15) is 9.18 Å². The second-order valence-corrected chi connectivity index (χ2v) is 4.15. The fraction of sp³-hybridized carbons (Fsp3) is 0.300. The van der Waals surface area contributed by atoms with Crippen molar-refractivity contribution in [1.82, 2.24) is 0 Å². The molecule has 0 unspecified atom stereocenters. The van der Waals surface area contributed by atoms with Crippen molar-refractivity contribution < 1.29 is 14.3 Å². The van der Waals surface area contributed by atoms with E-state index in [4.69, 9.17) is 5.11 Å². The van der Waals surface area contributed by atoms with Crippen LogP contribution in [0.1, 0.15) is 18.4 Å². The number of carboxylic acids is 1. The number of aryl methyl sites for hydroxylation is 1. The van der Waals surface area contributed by atoms with Crippen molar-refractivity contribution in [1.29, 1.82) is 0 Å². The van der Waals surface area contributed by atoms with E-state index in [0.717, 1.165) is 9.13 Å². The highest BCUT2D eigenvalue weighted by molar-refractivity contribution is 14.1. The smallest absolute Gasteiger partial charge is 0.303 e. The van der Waals surface area contributed by atoms with Crippen LogP contribution in [0.4, 0.5) is 4.39 Å². The third-order valence-electron chi connectivity index (χ3n) is 1.84. The molecule has 0 fully saturated rings. The van der Waals surface area contributed by atoms with Gasteiger partial charge in [0.25, 0.3) is 0 Å². The van der Waals surface area contributed by atoms with Gasteiger partial charge in [-0.1, -0.05) is 0 Å². The van der Waals surface area contributed by atoms with Crippen molar-refractivity contribution in [2.24, 2.45) is 0 Å². The van der Waals surface area contributed by atoms with E-state index < -0.39 is 5.97 Å². The minimum atomic E-state index is -0.809. The van der Waals surface area contributed by atoms with Crippen molar-refractivity contribution in [3.8, 4) is 0 Å². The van der Waals surface area contributed by atoms with Gasteiger partial charge in [-0.3, -0.25) is 4.79 Å². The van der Waals surface area contributed by atoms with Crippen molar-refractivity contribution in [3.63, 3.8) is 0 Å². The van der Waals surface area contributed by atoms with Gasteiger partial charge in [-0.25, -0.2) is 4.39 Å². The highest BCUT2D eigenvalue weighted by Gasteiger charge is 2.03. The number of hydrogen-bond donors (Lipinski definition) is 1. The summed E-state index contributed by atoms with van der Waals surface area (Å²) >= 11 is 2.12. The first-order valence-corrected chi connectivity index (χ1v) is 5.33. The lowest BCUT2D eigenvalue weighted by Gasteiger charge is -2.03. The van der Waals surface area contributed by atoms with E-state index in [1.54, 1.807) is 6.07 Å². The molecular formula is C10H10FIO2. The molecule has 0 bridgehead atoms. The fourth-order valence-electron chi connectivity index (χ4n) is 1.16. The Bertz CT molecular complexity index is 339. The molecule has 2 nitrogen and oxygen atoms in total. The predicted octanol–water partition coefficient (Wildman–Crippen LogP) is 2.84. The van der Waals surface area contributed by atoms with Crippen molar-refractivity contribution >= 4 is 28.6 Å².